The third-order valence-corrected chi connectivity index (χ3v) is 4.91. The summed E-state index contributed by atoms with van der Waals surface area (Å²) in [6.45, 7) is 7.65. The van der Waals surface area contributed by atoms with Crippen molar-refractivity contribution in [1.29, 1.82) is 0 Å². The van der Waals surface area contributed by atoms with Crippen LogP contribution in [0.15, 0.2) is 29.0 Å². The molecule has 4 rings (SSSR count). The zero-order valence-electron chi connectivity index (χ0n) is 15.2. The van der Waals surface area contributed by atoms with Crippen LogP contribution in [0, 0.1) is 13.8 Å². The lowest BCUT2D eigenvalue weighted by Crippen LogP contribution is -2.39. The largest absolute Gasteiger partial charge is 0.361 e. The molecule has 0 atom stereocenters. The predicted octanol–water partition coefficient (Wildman–Crippen LogP) is 2.77. The first-order valence-corrected chi connectivity index (χ1v) is 8.81. The zero-order valence-corrected chi connectivity index (χ0v) is 15.2. The molecule has 1 aliphatic rings. The van der Waals surface area contributed by atoms with Crippen molar-refractivity contribution in [2.45, 2.75) is 40.3 Å². The van der Waals surface area contributed by atoms with Crippen molar-refractivity contribution in [2.75, 3.05) is 6.54 Å². The van der Waals surface area contributed by atoms with Crippen LogP contribution in [0.1, 0.15) is 40.1 Å². The van der Waals surface area contributed by atoms with Gasteiger partial charge < -0.3 is 14.0 Å². The van der Waals surface area contributed by atoms with E-state index >= 15 is 0 Å². The molecule has 0 saturated carbocycles. The van der Waals surface area contributed by atoms with E-state index in [1.54, 1.807) is 19.3 Å². The fourth-order valence-electron chi connectivity index (χ4n) is 3.51. The molecule has 0 unspecified atom stereocenters. The van der Waals surface area contributed by atoms with Gasteiger partial charge >= 0.3 is 0 Å². The zero-order chi connectivity index (χ0) is 18.3. The number of carbonyl (C=O) groups excluding carboxylic acids is 1. The summed E-state index contributed by atoms with van der Waals surface area (Å²) in [7, 11) is 0. The number of amides is 1. The number of rotatable bonds is 3. The van der Waals surface area contributed by atoms with Gasteiger partial charge in [-0.05, 0) is 32.4 Å². The highest BCUT2D eigenvalue weighted by Crippen LogP contribution is 2.27. The Kier molecular flexibility index (Phi) is 4.06. The summed E-state index contributed by atoms with van der Waals surface area (Å²) in [5, 5.41) is 4.01. The summed E-state index contributed by atoms with van der Waals surface area (Å²) < 4.78 is 7.44. The Labute approximate surface area is 151 Å². The van der Waals surface area contributed by atoms with Gasteiger partial charge in [0.15, 0.2) is 0 Å². The average Bonchev–Trinajstić information content (AvgIpc) is 3.21. The van der Waals surface area contributed by atoms with Gasteiger partial charge in [0.2, 0.25) is 0 Å². The Bertz CT molecular complexity index is 958. The monoisotopic (exact) mass is 351 g/mol. The van der Waals surface area contributed by atoms with Gasteiger partial charge in [0.1, 0.15) is 17.1 Å². The molecule has 0 bridgehead atoms. The molecule has 4 heterocycles. The van der Waals surface area contributed by atoms with Crippen LogP contribution in [0.2, 0.25) is 0 Å². The van der Waals surface area contributed by atoms with Gasteiger partial charge in [-0.15, -0.1) is 0 Å². The molecule has 3 aromatic rings. The van der Waals surface area contributed by atoms with Crippen molar-refractivity contribution in [1.82, 2.24) is 24.6 Å². The van der Waals surface area contributed by atoms with Gasteiger partial charge in [-0.2, -0.15) is 0 Å². The molecule has 26 heavy (non-hydrogen) atoms. The molecule has 7 heteroatoms. The van der Waals surface area contributed by atoms with Crippen LogP contribution in [-0.4, -0.2) is 37.0 Å². The lowest BCUT2D eigenvalue weighted by Gasteiger charge is -2.29. The number of imidazole rings is 1. The second kappa shape index (κ2) is 6.40. The van der Waals surface area contributed by atoms with Crippen LogP contribution < -0.4 is 0 Å². The van der Waals surface area contributed by atoms with Crippen LogP contribution in [0.25, 0.3) is 11.4 Å². The quantitative estimate of drug-likeness (QED) is 0.725. The topological polar surface area (TPSA) is 77.0 Å². The third-order valence-electron chi connectivity index (χ3n) is 4.91. The van der Waals surface area contributed by atoms with E-state index in [0.29, 0.717) is 37.4 Å². The van der Waals surface area contributed by atoms with Crippen molar-refractivity contribution in [2.24, 2.45) is 0 Å². The third kappa shape index (κ3) is 2.60. The maximum absolute atomic E-state index is 13.0. The van der Waals surface area contributed by atoms with Crippen LogP contribution in [0.3, 0.4) is 0 Å². The highest BCUT2D eigenvalue weighted by atomic mass is 16.5. The van der Waals surface area contributed by atoms with E-state index in [1.807, 2.05) is 30.9 Å². The van der Waals surface area contributed by atoms with Gasteiger partial charge in [0, 0.05) is 31.0 Å². The summed E-state index contributed by atoms with van der Waals surface area (Å²) in [5.41, 5.74) is 4.39. The van der Waals surface area contributed by atoms with Crippen LogP contribution in [-0.2, 0) is 19.5 Å². The fraction of sp³-hybridized carbons (Fsp3) is 0.368. The lowest BCUT2D eigenvalue weighted by molar-refractivity contribution is 0.0708. The first-order chi connectivity index (χ1) is 12.6. The van der Waals surface area contributed by atoms with Gasteiger partial charge in [-0.25, -0.2) is 4.98 Å². The van der Waals surface area contributed by atoms with Crippen LogP contribution >= 0.6 is 0 Å². The first kappa shape index (κ1) is 16.5. The van der Waals surface area contributed by atoms with E-state index < -0.39 is 0 Å². The molecule has 3 aromatic heterocycles. The molecule has 1 amide bonds. The number of hydrogen-bond acceptors (Lipinski definition) is 5. The van der Waals surface area contributed by atoms with Gasteiger partial charge in [0.05, 0.1) is 23.6 Å². The SMILES string of the molecule is CCc1noc(C)c1C(=O)N1CCn2c(-c3ccncc3)nc(C)c2C1. The molecule has 0 saturated heterocycles. The number of pyridine rings is 1. The van der Waals surface area contributed by atoms with Crippen molar-refractivity contribution >= 4 is 5.91 Å². The molecule has 0 N–H and O–H groups in total. The minimum absolute atomic E-state index is 0.0158. The summed E-state index contributed by atoms with van der Waals surface area (Å²) in [4.78, 5) is 23.7. The molecule has 134 valence electrons. The number of carbonyl (C=O) groups is 1. The number of aryl methyl sites for hydroxylation is 3. The van der Waals surface area contributed by atoms with Gasteiger partial charge in [0.25, 0.3) is 5.91 Å². The number of fused-ring (bicyclic) bond motifs is 1. The van der Waals surface area contributed by atoms with Crippen molar-refractivity contribution in [3.8, 4) is 11.4 Å². The Morgan fingerprint density at radius 2 is 2.00 bits per heavy atom. The Hall–Kier alpha value is -2.96. The second-order valence-corrected chi connectivity index (χ2v) is 6.50. The van der Waals surface area contributed by atoms with Gasteiger partial charge in [-0.3, -0.25) is 9.78 Å². The van der Waals surface area contributed by atoms with Crippen LogP contribution in [0.5, 0.6) is 0 Å². The standard InChI is InChI=1S/C19H21N5O2/c1-4-15-17(13(3)26-22-15)19(25)23-9-10-24-16(11-23)12(2)21-18(24)14-5-7-20-8-6-14/h5-8H,4,9-11H2,1-3H3. The van der Waals surface area contributed by atoms with E-state index in [-0.39, 0.29) is 5.91 Å². The van der Waals surface area contributed by atoms with Crippen LogP contribution in [0.4, 0.5) is 0 Å². The Balaban J connectivity index is 1.66. The minimum Gasteiger partial charge on any atom is -0.361 e. The second-order valence-electron chi connectivity index (χ2n) is 6.50. The minimum atomic E-state index is -0.0158. The van der Waals surface area contributed by atoms with Gasteiger partial charge in [-0.1, -0.05) is 12.1 Å². The number of aromatic nitrogens is 4. The summed E-state index contributed by atoms with van der Waals surface area (Å²) >= 11 is 0. The summed E-state index contributed by atoms with van der Waals surface area (Å²) in [5.74, 6) is 1.50. The van der Waals surface area contributed by atoms with Crippen molar-refractivity contribution in [3.05, 3.63) is 52.9 Å². The normalized spacial score (nSPS) is 13.7. The van der Waals surface area contributed by atoms with E-state index in [1.165, 1.54) is 0 Å². The molecular formula is C19H21N5O2. The lowest BCUT2D eigenvalue weighted by atomic mass is 10.1. The smallest absolute Gasteiger partial charge is 0.259 e. The molecule has 0 aliphatic carbocycles. The molecule has 0 fully saturated rings. The van der Waals surface area contributed by atoms with E-state index in [9.17, 15) is 4.79 Å². The molecule has 0 aromatic carbocycles. The van der Waals surface area contributed by atoms with Crippen molar-refractivity contribution < 1.29 is 9.32 Å². The fourth-order valence-corrected chi connectivity index (χ4v) is 3.51. The molecule has 7 nitrogen and oxygen atoms in total. The number of hydrogen-bond donors (Lipinski definition) is 0. The molecule has 0 radical (unpaired) electrons. The molecular weight excluding hydrogens is 330 g/mol. The van der Waals surface area contributed by atoms with E-state index in [2.05, 4.69) is 14.7 Å². The number of nitrogens with zero attached hydrogens (tertiary/aromatic N) is 5. The highest BCUT2D eigenvalue weighted by Gasteiger charge is 2.29. The highest BCUT2D eigenvalue weighted by molar-refractivity contribution is 5.96. The maximum Gasteiger partial charge on any atom is 0.259 e. The Morgan fingerprint density at radius 3 is 2.73 bits per heavy atom. The van der Waals surface area contributed by atoms with E-state index in [4.69, 9.17) is 9.51 Å². The maximum atomic E-state index is 13.0. The summed E-state index contributed by atoms with van der Waals surface area (Å²) in [6.07, 6.45) is 4.22. The van der Waals surface area contributed by atoms with Crippen molar-refractivity contribution in [3.63, 3.8) is 0 Å². The molecule has 1 aliphatic heterocycles. The average molecular weight is 351 g/mol. The Morgan fingerprint density at radius 1 is 1.23 bits per heavy atom. The van der Waals surface area contributed by atoms with E-state index in [0.717, 1.165) is 28.5 Å². The first-order valence-electron chi connectivity index (χ1n) is 8.81. The summed E-state index contributed by atoms with van der Waals surface area (Å²) in [6, 6.07) is 3.92. The predicted molar refractivity (Wildman–Crippen MR) is 95.6 cm³/mol. The molecule has 0 spiro atoms.